The van der Waals surface area contributed by atoms with Gasteiger partial charge in [0.15, 0.2) is 0 Å². The molecule has 0 bridgehead atoms. The van der Waals surface area contributed by atoms with Crippen molar-refractivity contribution in [2.45, 2.75) is 50.4 Å². The van der Waals surface area contributed by atoms with Crippen LogP contribution < -0.4 is 4.74 Å². The molecular formula is C21H27NO3. The van der Waals surface area contributed by atoms with Gasteiger partial charge < -0.3 is 9.64 Å². The Morgan fingerprint density at radius 2 is 2.12 bits per heavy atom. The maximum atomic E-state index is 12.7. The summed E-state index contributed by atoms with van der Waals surface area (Å²) in [5, 5.41) is 0. The summed E-state index contributed by atoms with van der Waals surface area (Å²) < 4.78 is 5.41. The first-order chi connectivity index (χ1) is 12.1. The Kier molecular flexibility index (Phi) is 4.30. The molecule has 1 aromatic rings. The number of benzene rings is 1. The zero-order valence-electron chi connectivity index (χ0n) is 15.0. The number of methoxy groups -OCH3 is 1. The minimum atomic E-state index is -0.125. The molecule has 2 unspecified atom stereocenters. The molecule has 134 valence electrons. The minimum Gasteiger partial charge on any atom is -0.497 e. The highest BCUT2D eigenvalue weighted by molar-refractivity contribution is 5.82. The van der Waals surface area contributed by atoms with Crippen LogP contribution in [-0.2, 0) is 15.0 Å². The van der Waals surface area contributed by atoms with Crippen LogP contribution in [0, 0.1) is 11.8 Å². The summed E-state index contributed by atoms with van der Waals surface area (Å²) in [6, 6.07) is 8.20. The summed E-state index contributed by atoms with van der Waals surface area (Å²) in [6.45, 7) is 1.58. The van der Waals surface area contributed by atoms with Gasteiger partial charge in [-0.2, -0.15) is 0 Å². The van der Waals surface area contributed by atoms with E-state index in [4.69, 9.17) is 4.74 Å². The summed E-state index contributed by atoms with van der Waals surface area (Å²) in [4.78, 5) is 27.1. The van der Waals surface area contributed by atoms with Gasteiger partial charge in [0.2, 0.25) is 5.91 Å². The lowest BCUT2D eigenvalue weighted by Crippen LogP contribution is -2.55. The van der Waals surface area contributed by atoms with Crippen molar-refractivity contribution in [1.82, 2.24) is 4.90 Å². The Bertz CT molecular complexity index is 681. The zero-order chi connectivity index (χ0) is 17.4. The van der Waals surface area contributed by atoms with E-state index in [1.807, 2.05) is 12.1 Å². The summed E-state index contributed by atoms with van der Waals surface area (Å²) >= 11 is 0. The molecule has 4 nitrogen and oxygen atoms in total. The summed E-state index contributed by atoms with van der Waals surface area (Å²) in [5.41, 5.74) is 1.08. The lowest BCUT2D eigenvalue weighted by atomic mass is 9.58. The van der Waals surface area contributed by atoms with Crippen LogP contribution in [0.4, 0.5) is 0 Å². The SMILES string of the molecule is COc1cccc(C23CCN(C(=O)C4CCC4)CC2CCC(=O)C3)c1. The largest absolute Gasteiger partial charge is 0.497 e. The van der Waals surface area contributed by atoms with E-state index in [2.05, 4.69) is 17.0 Å². The fourth-order valence-electron chi connectivity index (χ4n) is 4.97. The first-order valence-corrected chi connectivity index (χ1v) is 9.57. The van der Waals surface area contributed by atoms with Crippen LogP contribution in [0.5, 0.6) is 5.75 Å². The number of nitrogens with zero attached hydrogens (tertiary/aromatic N) is 1. The third-order valence-corrected chi connectivity index (χ3v) is 6.75. The van der Waals surface area contributed by atoms with Crippen molar-refractivity contribution in [1.29, 1.82) is 0 Å². The van der Waals surface area contributed by atoms with Gasteiger partial charge in [0, 0.05) is 37.3 Å². The molecule has 2 atom stereocenters. The molecule has 0 spiro atoms. The van der Waals surface area contributed by atoms with Crippen molar-refractivity contribution in [3.63, 3.8) is 0 Å². The number of carbonyl (C=O) groups is 2. The predicted molar refractivity (Wildman–Crippen MR) is 95.6 cm³/mol. The first-order valence-electron chi connectivity index (χ1n) is 9.57. The number of carbonyl (C=O) groups excluding carboxylic acids is 2. The van der Waals surface area contributed by atoms with Gasteiger partial charge >= 0.3 is 0 Å². The second-order valence-corrected chi connectivity index (χ2v) is 8.00. The number of ketones is 1. The number of likely N-dealkylation sites (tertiary alicyclic amines) is 1. The highest BCUT2D eigenvalue weighted by Crippen LogP contribution is 2.49. The van der Waals surface area contributed by atoms with Gasteiger partial charge in [-0.25, -0.2) is 0 Å². The molecule has 0 radical (unpaired) electrons. The number of piperidine rings is 1. The Balaban J connectivity index is 1.62. The molecule has 1 heterocycles. The van der Waals surface area contributed by atoms with Gasteiger partial charge in [0.1, 0.15) is 11.5 Å². The predicted octanol–water partition coefficient (Wildman–Crippen LogP) is 3.33. The van der Waals surface area contributed by atoms with E-state index in [0.29, 0.717) is 30.4 Å². The molecule has 3 fully saturated rings. The molecule has 1 aromatic carbocycles. The number of hydrogen-bond acceptors (Lipinski definition) is 3. The molecule has 1 amide bonds. The Hall–Kier alpha value is -1.84. The van der Waals surface area contributed by atoms with Crippen molar-refractivity contribution >= 4 is 11.7 Å². The maximum absolute atomic E-state index is 12.7. The van der Waals surface area contributed by atoms with Gasteiger partial charge in [-0.3, -0.25) is 9.59 Å². The van der Waals surface area contributed by atoms with E-state index in [0.717, 1.165) is 44.5 Å². The second-order valence-electron chi connectivity index (χ2n) is 8.00. The summed E-state index contributed by atoms with van der Waals surface area (Å²) in [5.74, 6) is 2.18. The van der Waals surface area contributed by atoms with Crippen molar-refractivity contribution in [3.8, 4) is 5.75 Å². The number of rotatable bonds is 3. The lowest BCUT2D eigenvalue weighted by molar-refractivity contribution is -0.142. The summed E-state index contributed by atoms with van der Waals surface area (Å²) in [7, 11) is 1.68. The van der Waals surface area contributed by atoms with E-state index in [1.54, 1.807) is 7.11 Å². The van der Waals surface area contributed by atoms with Gasteiger partial charge in [0.25, 0.3) is 0 Å². The average molecular weight is 341 g/mol. The first kappa shape index (κ1) is 16.6. The van der Waals surface area contributed by atoms with E-state index in [-0.39, 0.29) is 11.3 Å². The third kappa shape index (κ3) is 2.86. The number of Topliss-reactive ketones (excluding diaryl/α,β-unsaturated/α-hetero) is 1. The third-order valence-electron chi connectivity index (χ3n) is 6.75. The van der Waals surface area contributed by atoms with E-state index in [9.17, 15) is 9.59 Å². The summed E-state index contributed by atoms with van der Waals surface area (Å²) in [6.07, 6.45) is 6.34. The molecule has 25 heavy (non-hydrogen) atoms. The molecular weight excluding hydrogens is 314 g/mol. The topological polar surface area (TPSA) is 46.6 Å². The Morgan fingerprint density at radius 1 is 1.28 bits per heavy atom. The van der Waals surface area contributed by atoms with E-state index < -0.39 is 0 Å². The van der Waals surface area contributed by atoms with Gasteiger partial charge in [-0.05, 0) is 49.3 Å². The number of fused-ring (bicyclic) bond motifs is 1. The van der Waals surface area contributed by atoms with Crippen molar-refractivity contribution in [2.24, 2.45) is 11.8 Å². The molecule has 4 rings (SSSR count). The molecule has 1 saturated heterocycles. The van der Waals surface area contributed by atoms with Gasteiger partial charge in [0.05, 0.1) is 7.11 Å². The standard InChI is InChI=1S/C21H27NO3/c1-25-19-7-3-6-16(12-19)21-10-11-22(20(24)15-4-2-5-15)14-17(21)8-9-18(23)13-21/h3,6-7,12,15,17H,2,4-5,8-11,13-14H2,1H3. The quantitative estimate of drug-likeness (QED) is 0.847. The van der Waals surface area contributed by atoms with Gasteiger partial charge in [-0.1, -0.05) is 18.6 Å². The molecule has 0 aromatic heterocycles. The zero-order valence-corrected chi connectivity index (χ0v) is 15.0. The molecule has 3 aliphatic rings. The van der Waals surface area contributed by atoms with Crippen LogP contribution >= 0.6 is 0 Å². The number of amides is 1. The highest BCUT2D eigenvalue weighted by Gasteiger charge is 2.49. The Labute approximate surface area is 149 Å². The molecule has 2 saturated carbocycles. The van der Waals surface area contributed by atoms with Crippen LogP contribution in [0.2, 0.25) is 0 Å². The number of hydrogen-bond donors (Lipinski definition) is 0. The normalized spacial score (nSPS) is 29.7. The van der Waals surface area contributed by atoms with E-state index in [1.165, 1.54) is 12.0 Å². The fourth-order valence-corrected chi connectivity index (χ4v) is 4.97. The lowest BCUT2D eigenvalue weighted by Gasteiger charge is -2.51. The van der Waals surface area contributed by atoms with E-state index >= 15 is 0 Å². The van der Waals surface area contributed by atoms with Crippen LogP contribution in [0.3, 0.4) is 0 Å². The van der Waals surface area contributed by atoms with Crippen LogP contribution in [0.25, 0.3) is 0 Å². The van der Waals surface area contributed by atoms with Crippen molar-refractivity contribution < 1.29 is 14.3 Å². The molecule has 2 aliphatic carbocycles. The van der Waals surface area contributed by atoms with Crippen LogP contribution in [0.15, 0.2) is 24.3 Å². The highest BCUT2D eigenvalue weighted by atomic mass is 16.5. The second kappa shape index (κ2) is 6.47. The maximum Gasteiger partial charge on any atom is 0.225 e. The number of ether oxygens (including phenoxy) is 1. The van der Waals surface area contributed by atoms with Crippen molar-refractivity contribution in [3.05, 3.63) is 29.8 Å². The monoisotopic (exact) mass is 341 g/mol. The van der Waals surface area contributed by atoms with Crippen molar-refractivity contribution in [2.75, 3.05) is 20.2 Å². The van der Waals surface area contributed by atoms with Gasteiger partial charge in [-0.15, -0.1) is 0 Å². The fraction of sp³-hybridized carbons (Fsp3) is 0.619. The smallest absolute Gasteiger partial charge is 0.225 e. The average Bonchev–Trinajstić information content (AvgIpc) is 2.59. The van der Waals surface area contributed by atoms with Crippen LogP contribution in [-0.4, -0.2) is 36.8 Å². The minimum absolute atomic E-state index is 0.125. The Morgan fingerprint density at radius 3 is 2.84 bits per heavy atom. The van der Waals surface area contributed by atoms with Crippen LogP contribution in [0.1, 0.15) is 50.5 Å². The molecule has 1 aliphatic heterocycles. The molecule has 4 heteroatoms. The molecule has 0 N–H and O–H groups in total.